The van der Waals surface area contributed by atoms with Crippen LogP contribution in [-0.4, -0.2) is 25.8 Å². The molecule has 0 aliphatic rings. The molecule has 3 aromatic rings. The van der Waals surface area contributed by atoms with E-state index in [0.717, 1.165) is 5.46 Å². The third kappa shape index (κ3) is 4.00. The van der Waals surface area contributed by atoms with E-state index in [4.69, 9.17) is 4.74 Å². The van der Waals surface area contributed by atoms with E-state index in [-0.39, 0.29) is 11.7 Å². The van der Waals surface area contributed by atoms with Crippen molar-refractivity contribution in [1.82, 2.24) is 4.98 Å². The van der Waals surface area contributed by atoms with Gasteiger partial charge in [0.1, 0.15) is 13.7 Å². The van der Waals surface area contributed by atoms with E-state index in [1.54, 1.807) is 30.5 Å². The number of nitrogens with zero attached hydrogens (tertiary/aromatic N) is 1. The number of amides is 1. The Hall–Kier alpha value is -3.35. The van der Waals surface area contributed by atoms with Crippen molar-refractivity contribution in [3.05, 3.63) is 72.2 Å². The van der Waals surface area contributed by atoms with Crippen LogP contribution < -0.4 is 20.8 Å². The maximum absolute atomic E-state index is 13.9. The molecule has 1 heterocycles. The first-order valence-electron chi connectivity index (χ1n) is 8.00. The molecular formula is C19H17BFN3O2. The van der Waals surface area contributed by atoms with Crippen molar-refractivity contribution in [3.8, 4) is 5.75 Å². The van der Waals surface area contributed by atoms with E-state index < -0.39 is 5.82 Å². The Morgan fingerprint density at radius 2 is 1.88 bits per heavy atom. The Kier molecular flexibility index (Phi) is 5.17. The van der Waals surface area contributed by atoms with Gasteiger partial charge in [0.25, 0.3) is 5.91 Å². The highest BCUT2D eigenvalue weighted by molar-refractivity contribution is 6.32. The Labute approximate surface area is 151 Å². The van der Waals surface area contributed by atoms with Crippen molar-refractivity contribution in [1.29, 1.82) is 0 Å². The maximum atomic E-state index is 13.9. The van der Waals surface area contributed by atoms with Gasteiger partial charge in [-0.05, 0) is 24.3 Å². The minimum absolute atomic E-state index is 0.148. The molecule has 0 atom stereocenters. The summed E-state index contributed by atoms with van der Waals surface area (Å²) in [6.07, 6.45) is 1.64. The van der Waals surface area contributed by atoms with Gasteiger partial charge in [-0.2, -0.15) is 0 Å². The molecule has 130 valence electrons. The number of carbonyl (C=O) groups is 1. The lowest BCUT2D eigenvalue weighted by Crippen LogP contribution is -2.18. The number of methoxy groups -OCH3 is 1. The smallest absolute Gasteiger partial charge is 0.259 e. The number of pyridine rings is 1. The van der Waals surface area contributed by atoms with Gasteiger partial charge < -0.3 is 15.4 Å². The zero-order valence-corrected chi connectivity index (χ0v) is 14.4. The summed E-state index contributed by atoms with van der Waals surface area (Å²) in [5.41, 5.74) is 2.36. The topological polar surface area (TPSA) is 63.3 Å². The number of rotatable bonds is 5. The number of carbonyl (C=O) groups excluding carboxylic acids is 1. The van der Waals surface area contributed by atoms with Crippen LogP contribution >= 0.6 is 0 Å². The number of para-hydroxylation sites is 1. The van der Waals surface area contributed by atoms with Gasteiger partial charge in [-0.3, -0.25) is 4.79 Å². The zero-order chi connectivity index (χ0) is 18.5. The number of hydrogen-bond acceptors (Lipinski definition) is 4. The fourth-order valence-corrected chi connectivity index (χ4v) is 2.44. The number of aromatic nitrogens is 1. The molecule has 0 bridgehead atoms. The highest BCUT2D eigenvalue weighted by Gasteiger charge is 2.14. The van der Waals surface area contributed by atoms with E-state index in [0.29, 0.717) is 22.8 Å². The summed E-state index contributed by atoms with van der Waals surface area (Å²) in [5.74, 6) is -0.313. The highest BCUT2D eigenvalue weighted by Crippen LogP contribution is 2.24. The van der Waals surface area contributed by atoms with Gasteiger partial charge in [-0.25, -0.2) is 9.37 Å². The first-order chi connectivity index (χ1) is 12.6. The molecule has 0 radical (unpaired) electrons. The average molecular weight is 349 g/mol. The van der Waals surface area contributed by atoms with E-state index in [1.165, 1.54) is 19.2 Å². The van der Waals surface area contributed by atoms with Gasteiger partial charge >= 0.3 is 0 Å². The van der Waals surface area contributed by atoms with Crippen LogP contribution in [0.1, 0.15) is 10.4 Å². The van der Waals surface area contributed by atoms with Gasteiger partial charge in [0, 0.05) is 23.6 Å². The van der Waals surface area contributed by atoms with Gasteiger partial charge in [-0.15, -0.1) is 0 Å². The Balaban J connectivity index is 1.88. The minimum Gasteiger partial charge on any atom is -0.494 e. The van der Waals surface area contributed by atoms with Crippen molar-refractivity contribution < 1.29 is 13.9 Å². The van der Waals surface area contributed by atoms with Crippen molar-refractivity contribution in [2.24, 2.45) is 0 Å². The second-order valence-corrected chi connectivity index (χ2v) is 5.70. The van der Waals surface area contributed by atoms with E-state index in [9.17, 15) is 9.18 Å². The fraction of sp³-hybridized carbons (Fsp3) is 0.0526. The molecular weight excluding hydrogens is 332 g/mol. The average Bonchev–Trinajstić information content (AvgIpc) is 2.64. The standard InChI is InChI=1S/C19H17BFN3O2/c1-26-17-8-7-14(10-16(17)21)23-18-15(9-12(20)11-22-18)19(25)24-13-5-3-2-4-6-13/h2-11H,20H2,1H3,(H,22,23)(H,24,25). The lowest BCUT2D eigenvalue weighted by Gasteiger charge is -2.13. The van der Waals surface area contributed by atoms with Crippen LogP contribution in [0.15, 0.2) is 60.8 Å². The largest absolute Gasteiger partial charge is 0.494 e. The third-order valence-electron chi connectivity index (χ3n) is 3.72. The van der Waals surface area contributed by atoms with Crippen LogP contribution in [0.3, 0.4) is 0 Å². The van der Waals surface area contributed by atoms with Gasteiger partial charge in [-0.1, -0.05) is 29.7 Å². The van der Waals surface area contributed by atoms with Crippen molar-refractivity contribution in [2.75, 3.05) is 17.7 Å². The van der Waals surface area contributed by atoms with E-state index >= 15 is 0 Å². The molecule has 7 heteroatoms. The van der Waals surface area contributed by atoms with Crippen LogP contribution in [0.25, 0.3) is 0 Å². The van der Waals surface area contributed by atoms with Gasteiger partial charge in [0.15, 0.2) is 11.6 Å². The van der Waals surface area contributed by atoms with Crippen LogP contribution in [0.4, 0.5) is 21.6 Å². The van der Waals surface area contributed by atoms with Crippen LogP contribution in [0, 0.1) is 5.82 Å². The number of halogens is 1. The predicted molar refractivity (Wildman–Crippen MR) is 103 cm³/mol. The second-order valence-electron chi connectivity index (χ2n) is 5.70. The lowest BCUT2D eigenvalue weighted by atomic mass is 9.96. The molecule has 0 aliphatic heterocycles. The molecule has 2 aromatic carbocycles. The quantitative estimate of drug-likeness (QED) is 0.695. The third-order valence-corrected chi connectivity index (χ3v) is 3.72. The van der Waals surface area contributed by atoms with Crippen molar-refractivity contribution >= 4 is 36.4 Å². The molecule has 1 aromatic heterocycles. The van der Waals surface area contributed by atoms with E-state index in [1.807, 2.05) is 26.0 Å². The number of hydrogen-bond donors (Lipinski definition) is 2. The molecule has 0 aliphatic carbocycles. The number of nitrogens with one attached hydrogen (secondary N) is 2. The molecule has 0 spiro atoms. The van der Waals surface area contributed by atoms with Crippen LogP contribution in [-0.2, 0) is 0 Å². The normalized spacial score (nSPS) is 10.2. The molecule has 0 unspecified atom stereocenters. The Bertz CT molecular complexity index is 935. The van der Waals surface area contributed by atoms with Crippen LogP contribution in [0.2, 0.25) is 0 Å². The molecule has 1 amide bonds. The summed E-state index contributed by atoms with van der Waals surface area (Å²) in [7, 11) is 3.25. The minimum atomic E-state index is -0.500. The molecule has 0 saturated heterocycles. The summed E-state index contributed by atoms with van der Waals surface area (Å²) in [6.45, 7) is 0. The summed E-state index contributed by atoms with van der Waals surface area (Å²) >= 11 is 0. The maximum Gasteiger partial charge on any atom is 0.259 e. The summed E-state index contributed by atoms with van der Waals surface area (Å²) in [4.78, 5) is 16.9. The summed E-state index contributed by atoms with van der Waals surface area (Å²) in [5, 5.41) is 5.82. The van der Waals surface area contributed by atoms with Crippen LogP contribution in [0.5, 0.6) is 5.75 Å². The first kappa shape index (κ1) is 17.5. The molecule has 2 N–H and O–H groups in total. The van der Waals surface area contributed by atoms with Crippen molar-refractivity contribution in [3.63, 3.8) is 0 Å². The molecule has 3 rings (SSSR count). The first-order valence-corrected chi connectivity index (χ1v) is 8.00. The zero-order valence-electron chi connectivity index (χ0n) is 14.4. The predicted octanol–water partition coefficient (Wildman–Crippen LogP) is 2.48. The molecule has 0 fully saturated rings. The summed E-state index contributed by atoms with van der Waals surface area (Å²) in [6, 6.07) is 15.3. The Morgan fingerprint density at radius 1 is 1.12 bits per heavy atom. The van der Waals surface area contributed by atoms with Crippen molar-refractivity contribution in [2.45, 2.75) is 0 Å². The highest BCUT2D eigenvalue weighted by atomic mass is 19.1. The number of benzene rings is 2. The summed E-state index contributed by atoms with van der Waals surface area (Å²) < 4.78 is 18.8. The molecule has 5 nitrogen and oxygen atoms in total. The van der Waals surface area contributed by atoms with Gasteiger partial charge in [0.2, 0.25) is 0 Å². The second kappa shape index (κ2) is 7.69. The Morgan fingerprint density at radius 3 is 2.58 bits per heavy atom. The molecule has 0 saturated carbocycles. The number of anilines is 3. The number of ether oxygens (including phenoxy) is 1. The fourth-order valence-electron chi connectivity index (χ4n) is 2.44. The lowest BCUT2D eigenvalue weighted by molar-refractivity contribution is 0.102. The monoisotopic (exact) mass is 349 g/mol. The SMILES string of the molecule is Bc1cnc(Nc2ccc(OC)c(F)c2)c(C(=O)Nc2ccccc2)c1. The van der Waals surface area contributed by atoms with E-state index in [2.05, 4.69) is 15.6 Å². The van der Waals surface area contributed by atoms with Gasteiger partial charge in [0.05, 0.1) is 12.7 Å². The molecule has 26 heavy (non-hydrogen) atoms.